The molecule has 0 spiro atoms. The number of anilines is 2. The third kappa shape index (κ3) is 6.18. The first kappa shape index (κ1) is 20.0. The summed E-state index contributed by atoms with van der Waals surface area (Å²) in [5, 5.41) is 7.90. The maximum Gasteiger partial charge on any atom is 0.416 e. The molecule has 0 saturated heterocycles. The molecule has 2 rings (SSSR count). The highest BCUT2D eigenvalue weighted by molar-refractivity contribution is 6.04. The molecule has 0 aromatic heterocycles. The van der Waals surface area contributed by atoms with Crippen molar-refractivity contribution in [2.45, 2.75) is 6.18 Å². The van der Waals surface area contributed by atoms with Crippen molar-refractivity contribution in [1.29, 1.82) is 0 Å². The molecule has 27 heavy (non-hydrogen) atoms. The summed E-state index contributed by atoms with van der Waals surface area (Å²) in [7, 11) is 0. The quantitative estimate of drug-likeness (QED) is 0.645. The number of nitrogens with one attached hydrogen (secondary N) is 3. The summed E-state index contributed by atoms with van der Waals surface area (Å²) in [5.41, 5.74) is -0.0393. The molecule has 0 aliphatic heterocycles. The van der Waals surface area contributed by atoms with E-state index in [4.69, 9.17) is 0 Å². The lowest BCUT2D eigenvalue weighted by Crippen LogP contribution is -2.29. The van der Waals surface area contributed by atoms with Gasteiger partial charge in [-0.05, 0) is 36.4 Å². The van der Waals surface area contributed by atoms with Crippen molar-refractivity contribution < 1.29 is 22.8 Å². The van der Waals surface area contributed by atoms with E-state index in [1.807, 2.05) is 0 Å². The van der Waals surface area contributed by atoms with Gasteiger partial charge in [0, 0.05) is 23.5 Å². The Kier molecular flexibility index (Phi) is 6.59. The summed E-state index contributed by atoms with van der Waals surface area (Å²) in [6.45, 7) is 3.85. The van der Waals surface area contributed by atoms with Crippen LogP contribution in [-0.2, 0) is 11.0 Å². The Labute approximate surface area is 154 Å². The van der Waals surface area contributed by atoms with E-state index in [0.717, 1.165) is 12.1 Å². The van der Waals surface area contributed by atoms with Gasteiger partial charge in [0.2, 0.25) is 5.91 Å². The smallest absolute Gasteiger partial charge is 0.376 e. The summed E-state index contributed by atoms with van der Waals surface area (Å²) in [6, 6.07) is 10.7. The van der Waals surface area contributed by atoms with Gasteiger partial charge in [-0.2, -0.15) is 13.2 Å². The van der Waals surface area contributed by atoms with E-state index in [1.54, 1.807) is 18.2 Å². The zero-order valence-electron chi connectivity index (χ0n) is 14.3. The molecule has 0 atom stereocenters. The molecule has 2 aromatic carbocycles. The third-order valence-corrected chi connectivity index (χ3v) is 3.47. The van der Waals surface area contributed by atoms with Crippen LogP contribution in [0.5, 0.6) is 0 Å². The topological polar surface area (TPSA) is 70.2 Å². The minimum absolute atomic E-state index is 0.00649. The first-order valence-corrected chi connectivity index (χ1v) is 8.00. The lowest BCUT2D eigenvalue weighted by Gasteiger charge is -2.11. The Bertz CT molecular complexity index is 835. The summed E-state index contributed by atoms with van der Waals surface area (Å²) >= 11 is 0. The standard InChI is InChI=1S/C19H18F3N3O2/c1-2-9-23-17(26)12-24-15-7-3-5-13(10-15)18(27)25-16-8-4-6-14(11-16)19(20,21)22/h2-8,10-11,24H,1,9,12H2,(H,23,26)(H,25,27). The van der Waals surface area contributed by atoms with E-state index in [0.29, 0.717) is 12.2 Å². The third-order valence-electron chi connectivity index (χ3n) is 3.47. The summed E-state index contributed by atoms with van der Waals surface area (Å²) in [4.78, 5) is 23.9. The highest BCUT2D eigenvalue weighted by Crippen LogP contribution is 2.30. The molecular weight excluding hydrogens is 359 g/mol. The van der Waals surface area contributed by atoms with Crippen LogP contribution in [0.15, 0.2) is 61.2 Å². The van der Waals surface area contributed by atoms with Crippen molar-refractivity contribution in [2.24, 2.45) is 0 Å². The molecule has 0 bridgehead atoms. The van der Waals surface area contributed by atoms with E-state index >= 15 is 0 Å². The summed E-state index contributed by atoms with van der Waals surface area (Å²) in [5.74, 6) is -0.803. The molecule has 0 aliphatic rings. The molecule has 0 aliphatic carbocycles. The van der Waals surface area contributed by atoms with Crippen LogP contribution < -0.4 is 16.0 Å². The summed E-state index contributed by atoms with van der Waals surface area (Å²) < 4.78 is 38.2. The average molecular weight is 377 g/mol. The molecule has 2 aromatic rings. The number of benzene rings is 2. The number of hydrogen-bond donors (Lipinski definition) is 3. The van der Waals surface area contributed by atoms with Crippen LogP contribution in [0, 0.1) is 0 Å². The number of amides is 2. The van der Waals surface area contributed by atoms with Crippen LogP contribution in [0.1, 0.15) is 15.9 Å². The predicted octanol–water partition coefficient (Wildman–Crippen LogP) is 3.67. The lowest BCUT2D eigenvalue weighted by molar-refractivity contribution is -0.137. The molecule has 0 radical (unpaired) electrons. The molecule has 0 saturated carbocycles. The highest BCUT2D eigenvalue weighted by Gasteiger charge is 2.30. The molecule has 2 amide bonds. The first-order valence-electron chi connectivity index (χ1n) is 8.00. The van der Waals surface area contributed by atoms with Gasteiger partial charge in [0.1, 0.15) is 0 Å². The largest absolute Gasteiger partial charge is 0.416 e. The van der Waals surface area contributed by atoms with Gasteiger partial charge in [0.15, 0.2) is 0 Å². The van der Waals surface area contributed by atoms with Gasteiger partial charge in [0.25, 0.3) is 5.91 Å². The monoisotopic (exact) mass is 377 g/mol. The molecule has 5 nitrogen and oxygen atoms in total. The molecule has 0 heterocycles. The number of carbonyl (C=O) groups excluding carboxylic acids is 2. The van der Waals surface area contributed by atoms with Crippen LogP contribution >= 0.6 is 0 Å². The number of hydrogen-bond acceptors (Lipinski definition) is 3. The first-order chi connectivity index (χ1) is 12.8. The zero-order chi connectivity index (χ0) is 19.9. The highest BCUT2D eigenvalue weighted by atomic mass is 19.4. The zero-order valence-corrected chi connectivity index (χ0v) is 14.3. The van der Waals surface area contributed by atoms with Crippen molar-refractivity contribution in [3.05, 3.63) is 72.3 Å². The van der Waals surface area contributed by atoms with Crippen LogP contribution in [0.4, 0.5) is 24.5 Å². The number of halogens is 3. The van der Waals surface area contributed by atoms with Gasteiger partial charge >= 0.3 is 6.18 Å². The number of carbonyl (C=O) groups is 2. The van der Waals surface area contributed by atoms with E-state index in [-0.39, 0.29) is 23.7 Å². The second-order valence-corrected chi connectivity index (χ2v) is 5.56. The van der Waals surface area contributed by atoms with Gasteiger partial charge in [-0.15, -0.1) is 6.58 Å². The SMILES string of the molecule is C=CCNC(=O)CNc1cccc(C(=O)Nc2cccc(C(F)(F)F)c2)c1. The van der Waals surface area contributed by atoms with Crippen LogP contribution in [0.25, 0.3) is 0 Å². The number of rotatable bonds is 7. The van der Waals surface area contributed by atoms with Crippen molar-refractivity contribution in [3.8, 4) is 0 Å². The normalized spacial score (nSPS) is 10.8. The van der Waals surface area contributed by atoms with Gasteiger partial charge in [-0.3, -0.25) is 9.59 Å². The summed E-state index contributed by atoms with van der Waals surface area (Å²) in [6.07, 6.45) is -2.94. The van der Waals surface area contributed by atoms with E-state index in [2.05, 4.69) is 22.5 Å². The fourth-order valence-electron chi connectivity index (χ4n) is 2.18. The van der Waals surface area contributed by atoms with Crippen molar-refractivity contribution in [3.63, 3.8) is 0 Å². The molecule has 0 fully saturated rings. The van der Waals surface area contributed by atoms with Crippen molar-refractivity contribution >= 4 is 23.2 Å². The fourth-order valence-corrected chi connectivity index (χ4v) is 2.18. The maximum atomic E-state index is 12.7. The minimum atomic E-state index is -4.49. The minimum Gasteiger partial charge on any atom is -0.376 e. The Morgan fingerprint density at radius 2 is 1.74 bits per heavy atom. The van der Waals surface area contributed by atoms with Crippen molar-refractivity contribution in [2.75, 3.05) is 23.7 Å². The molecule has 8 heteroatoms. The van der Waals surface area contributed by atoms with Crippen LogP contribution in [-0.4, -0.2) is 24.9 Å². The van der Waals surface area contributed by atoms with Gasteiger partial charge < -0.3 is 16.0 Å². The molecular formula is C19H18F3N3O2. The number of alkyl halides is 3. The fraction of sp³-hybridized carbons (Fsp3) is 0.158. The van der Waals surface area contributed by atoms with Crippen LogP contribution in [0.3, 0.4) is 0 Å². The lowest BCUT2D eigenvalue weighted by atomic mass is 10.1. The average Bonchev–Trinajstić information content (AvgIpc) is 2.64. The molecule has 3 N–H and O–H groups in total. The Hall–Kier alpha value is -3.29. The Morgan fingerprint density at radius 1 is 1.04 bits per heavy atom. The van der Waals surface area contributed by atoms with Gasteiger partial charge in [-0.25, -0.2) is 0 Å². The van der Waals surface area contributed by atoms with Crippen LogP contribution in [0.2, 0.25) is 0 Å². The van der Waals surface area contributed by atoms with Crippen molar-refractivity contribution in [1.82, 2.24) is 5.32 Å². The Morgan fingerprint density at radius 3 is 2.44 bits per heavy atom. The molecule has 0 unspecified atom stereocenters. The second-order valence-electron chi connectivity index (χ2n) is 5.56. The Balaban J connectivity index is 2.03. The van der Waals surface area contributed by atoms with E-state index < -0.39 is 17.6 Å². The maximum absolute atomic E-state index is 12.7. The van der Waals surface area contributed by atoms with Gasteiger partial charge in [0.05, 0.1) is 12.1 Å². The van der Waals surface area contributed by atoms with E-state index in [9.17, 15) is 22.8 Å². The predicted molar refractivity (Wildman–Crippen MR) is 97.5 cm³/mol. The second kappa shape index (κ2) is 8.88. The van der Waals surface area contributed by atoms with E-state index in [1.165, 1.54) is 24.3 Å². The van der Waals surface area contributed by atoms with Gasteiger partial charge in [-0.1, -0.05) is 18.2 Å². The molecule has 142 valence electrons.